The highest BCUT2D eigenvalue weighted by atomic mass is 35.5. The van der Waals surface area contributed by atoms with E-state index in [4.69, 9.17) is 21.4 Å². The molecule has 0 saturated heterocycles. The number of aromatic nitrogens is 1. The molecule has 0 aromatic carbocycles. The Hall–Kier alpha value is -1.13. The fraction of sp³-hybridized carbons (Fsp3) is 0.250. The van der Waals surface area contributed by atoms with Gasteiger partial charge in [-0.15, -0.1) is 0 Å². The quantitative estimate of drug-likeness (QED) is 0.747. The molecule has 0 amide bonds. The number of carboxylic acid groups (broad SMARTS) is 1. The molecule has 0 aliphatic heterocycles. The van der Waals surface area contributed by atoms with Crippen molar-refractivity contribution in [3.8, 4) is 0 Å². The van der Waals surface area contributed by atoms with Crippen LogP contribution in [0.4, 0.5) is 0 Å². The van der Waals surface area contributed by atoms with Gasteiger partial charge in [-0.25, -0.2) is 9.78 Å². The second-order valence-electron chi connectivity index (χ2n) is 2.37. The molecule has 0 bridgehead atoms. The van der Waals surface area contributed by atoms with Crippen molar-refractivity contribution in [1.82, 2.24) is 4.98 Å². The van der Waals surface area contributed by atoms with Crippen molar-refractivity contribution in [2.75, 3.05) is 6.61 Å². The molecule has 4 nitrogen and oxygen atoms in total. The lowest BCUT2D eigenvalue weighted by atomic mass is 10.3. The Bertz CT molecular complexity index is 303. The Morgan fingerprint density at radius 1 is 1.69 bits per heavy atom. The van der Waals surface area contributed by atoms with E-state index in [1.807, 2.05) is 0 Å². The predicted molar refractivity (Wildman–Crippen MR) is 46.5 cm³/mol. The zero-order valence-corrected chi connectivity index (χ0v) is 7.49. The largest absolute Gasteiger partial charge is 0.480 e. The van der Waals surface area contributed by atoms with Crippen molar-refractivity contribution >= 4 is 17.6 Å². The Kier molecular flexibility index (Phi) is 3.67. The first kappa shape index (κ1) is 9.95. The molecule has 0 atom stereocenters. The molecule has 0 saturated carbocycles. The van der Waals surface area contributed by atoms with Crippen LogP contribution in [0.1, 0.15) is 5.56 Å². The summed E-state index contributed by atoms with van der Waals surface area (Å²) in [6.07, 6.45) is 1.54. The highest BCUT2D eigenvalue weighted by Gasteiger charge is 1.98. The summed E-state index contributed by atoms with van der Waals surface area (Å²) in [7, 11) is 0. The van der Waals surface area contributed by atoms with Gasteiger partial charge in [0.05, 0.1) is 6.61 Å². The number of ether oxygens (including phenoxy) is 1. The maximum absolute atomic E-state index is 10.1. The highest BCUT2D eigenvalue weighted by molar-refractivity contribution is 6.29. The van der Waals surface area contributed by atoms with E-state index in [1.165, 1.54) is 0 Å². The van der Waals surface area contributed by atoms with Crippen LogP contribution in [0.15, 0.2) is 18.3 Å². The van der Waals surface area contributed by atoms with Crippen molar-refractivity contribution in [3.63, 3.8) is 0 Å². The fourth-order valence-electron chi connectivity index (χ4n) is 0.789. The molecule has 1 rings (SSSR count). The van der Waals surface area contributed by atoms with E-state index < -0.39 is 5.97 Å². The number of hydrogen-bond donors (Lipinski definition) is 1. The molecule has 5 heteroatoms. The van der Waals surface area contributed by atoms with Crippen LogP contribution in [0.25, 0.3) is 0 Å². The van der Waals surface area contributed by atoms with Crippen LogP contribution in [-0.4, -0.2) is 22.7 Å². The van der Waals surface area contributed by atoms with Gasteiger partial charge in [-0.2, -0.15) is 0 Å². The third-order valence-corrected chi connectivity index (χ3v) is 1.49. The van der Waals surface area contributed by atoms with Crippen molar-refractivity contribution in [3.05, 3.63) is 29.0 Å². The van der Waals surface area contributed by atoms with Crippen LogP contribution in [0.2, 0.25) is 5.15 Å². The molecule has 0 aliphatic rings. The van der Waals surface area contributed by atoms with E-state index >= 15 is 0 Å². The van der Waals surface area contributed by atoms with E-state index in [0.29, 0.717) is 5.15 Å². The van der Waals surface area contributed by atoms with Gasteiger partial charge in [0.15, 0.2) is 0 Å². The number of pyridine rings is 1. The lowest BCUT2D eigenvalue weighted by Crippen LogP contribution is -2.06. The molecule has 1 heterocycles. The Balaban J connectivity index is 2.41. The summed E-state index contributed by atoms with van der Waals surface area (Å²) in [5, 5.41) is 8.65. The monoisotopic (exact) mass is 201 g/mol. The molecular weight excluding hydrogens is 194 g/mol. The van der Waals surface area contributed by atoms with Gasteiger partial charge in [0.2, 0.25) is 0 Å². The second kappa shape index (κ2) is 4.79. The topological polar surface area (TPSA) is 59.4 Å². The van der Waals surface area contributed by atoms with Crippen LogP contribution in [0, 0.1) is 0 Å². The minimum atomic E-state index is -0.986. The molecule has 1 aromatic rings. The van der Waals surface area contributed by atoms with Crippen LogP contribution in [0.5, 0.6) is 0 Å². The van der Waals surface area contributed by atoms with E-state index in [-0.39, 0.29) is 13.2 Å². The maximum atomic E-state index is 10.1. The molecule has 70 valence electrons. The van der Waals surface area contributed by atoms with Gasteiger partial charge in [0.25, 0.3) is 0 Å². The standard InChI is InChI=1S/C8H8ClNO3/c9-7-3-6(1-2-10-7)4-13-5-8(11)12/h1-3H,4-5H2,(H,11,12). The number of aliphatic carboxylic acids is 1. The van der Waals surface area contributed by atoms with Gasteiger partial charge in [0.1, 0.15) is 11.8 Å². The van der Waals surface area contributed by atoms with Crippen molar-refractivity contribution in [2.24, 2.45) is 0 Å². The molecular formula is C8H8ClNO3. The summed E-state index contributed by atoms with van der Waals surface area (Å²) in [5.41, 5.74) is 0.807. The van der Waals surface area contributed by atoms with Gasteiger partial charge in [0, 0.05) is 6.20 Å². The molecule has 1 N–H and O–H groups in total. The number of hydrogen-bond acceptors (Lipinski definition) is 3. The maximum Gasteiger partial charge on any atom is 0.329 e. The van der Waals surface area contributed by atoms with Crippen LogP contribution in [0.3, 0.4) is 0 Å². The van der Waals surface area contributed by atoms with Crippen molar-refractivity contribution < 1.29 is 14.6 Å². The lowest BCUT2D eigenvalue weighted by Gasteiger charge is -2.00. The molecule has 0 aliphatic carbocycles. The SMILES string of the molecule is O=C(O)COCc1ccnc(Cl)c1. The highest BCUT2D eigenvalue weighted by Crippen LogP contribution is 2.07. The van der Waals surface area contributed by atoms with Crippen LogP contribution >= 0.6 is 11.6 Å². The van der Waals surface area contributed by atoms with Crippen molar-refractivity contribution in [2.45, 2.75) is 6.61 Å². The third kappa shape index (κ3) is 3.87. The lowest BCUT2D eigenvalue weighted by molar-refractivity contribution is -0.142. The van der Waals surface area contributed by atoms with Gasteiger partial charge in [-0.3, -0.25) is 0 Å². The van der Waals surface area contributed by atoms with E-state index in [2.05, 4.69) is 4.98 Å². The number of carboxylic acids is 1. The zero-order valence-electron chi connectivity index (χ0n) is 6.74. The van der Waals surface area contributed by atoms with Crippen LogP contribution < -0.4 is 0 Å². The Morgan fingerprint density at radius 2 is 2.46 bits per heavy atom. The average Bonchev–Trinajstić information content (AvgIpc) is 2.03. The van der Waals surface area contributed by atoms with Crippen molar-refractivity contribution in [1.29, 1.82) is 0 Å². The fourth-order valence-corrected chi connectivity index (χ4v) is 0.985. The van der Waals surface area contributed by atoms with Gasteiger partial charge in [-0.1, -0.05) is 11.6 Å². The average molecular weight is 202 g/mol. The first-order valence-electron chi connectivity index (χ1n) is 3.58. The molecule has 1 aromatic heterocycles. The Morgan fingerprint density at radius 3 is 3.08 bits per heavy atom. The van der Waals surface area contributed by atoms with Gasteiger partial charge < -0.3 is 9.84 Å². The first-order valence-corrected chi connectivity index (χ1v) is 3.96. The molecule has 0 radical (unpaired) electrons. The smallest absolute Gasteiger partial charge is 0.329 e. The molecule has 0 spiro atoms. The summed E-state index contributed by atoms with van der Waals surface area (Å²) in [4.78, 5) is 13.9. The van der Waals surface area contributed by atoms with E-state index in [1.54, 1.807) is 18.3 Å². The third-order valence-electron chi connectivity index (χ3n) is 1.29. The molecule has 0 unspecified atom stereocenters. The van der Waals surface area contributed by atoms with Gasteiger partial charge in [-0.05, 0) is 17.7 Å². The van der Waals surface area contributed by atoms with E-state index in [9.17, 15) is 4.79 Å². The first-order chi connectivity index (χ1) is 6.18. The normalized spacial score (nSPS) is 9.92. The number of halogens is 1. The number of nitrogens with zero attached hydrogens (tertiary/aromatic N) is 1. The Labute approximate surface area is 80.1 Å². The van der Waals surface area contributed by atoms with E-state index in [0.717, 1.165) is 5.56 Å². The summed E-state index contributed by atoms with van der Waals surface area (Å²) in [6, 6.07) is 3.34. The molecule has 13 heavy (non-hydrogen) atoms. The zero-order chi connectivity index (χ0) is 9.68. The minimum Gasteiger partial charge on any atom is -0.480 e. The summed E-state index contributed by atoms with van der Waals surface area (Å²) in [6.45, 7) is -0.0749. The summed E-state index contributed by atoms with van der Waals surface area (Å²) in [5.74, 6) is -0.986. The summed E-state index contributed by atoms with van der Waals surface area (Å²) >= 11 is 5.60. The number of rotatable bonds is 4. The second-order valence-corrected chi connectivity index (χ2v) is 2.76. The number of carbonyl (C=O) groups is 1. The predicted octanol–water partition coefficient (Wildman–Crippen LogP) is 1.34. The van der Waals surface area contributed by atoms with Crippen LogP contribution in [-0.2, 0) is 16.1 Å². The minimum absolute atomic E-state index is 0.231. The van der Waals surface area contributed by atoms with Gasteiger partial charge >= 0.3 is 5.97 Å². The molecule has 0 fully saturated rings. The summed E-state index contributed by atoms with van der Waals surface area (Å²) < 4.78 is 4.85.